The largest absolute Gasteiger partial charge is 0.300 e. The molecule has 1 heteroatoms. The minimum atomic E-state index is 0.889. The van der Waals surface area contributed by atoms with Crippen molar-refractivity contribution in [2.24, 2.45) is 5.92 Å². The van der Waals surface area contributed by atoms with E-state index in [4.69, 9.17) is 0 Å². The van der Waals surface area contributed by atoms with Crippen molar-refractivity contribution in [1.29, 1.82) is 0 Å². The zero-order valence-electron chi connectivity index (χ0n) is 7.71. The fraction of sp³-hybridized carbons (Fsp3) is 0.800. The van der Waals surface area contributed by atoms with Crippen LogP contribution in [0.1, 0.15) is 26.7 Å². The van der Waals surface area contributed by atoms with Crippen molar-refractivity contribution in [2.45, 2.75) is 32.7 Å². The molecule has 2 unspecified atom stereocenters. The van der Waals surface area contributed by atoms with Crippen molar-refractivity contribution in [3.63, 3.8) is 0 Å². The Morgan fingerprint density at radius 3 is 2.64 bits per heavy atom. The first-order valence-corrected chi connectivity index (χ1v) is 4.64. The Bertz CT molecular complexity index is 131. The van der Waals surface area contributed by atoms with Gasteiger partial charge in [-0.25, -0.2) is 0 Å². The molecule has 1 nitrogen and oxygen atoms in total. The summed E-state index contributed by atoms with van der Waals surface area (Å²) in [6.45, 7) is 10.7. The third kappa shape index (κ3) is 2.33. The highest BCUT2D eigenvalue weighted by molar-refractivity contribution is 4.92. The van der Waals surface area contributed by atoms with Crippen LogP contribution < -0.4 is 0 Å². The summed E-state index contributed by atoms with van der Waals surface area (Å²) in [6.07, 6.45) is 4.55. The lowest BCUT2D eigenvalue weighted by molar-refractivity contribution is 0.273. The molecule has 1 aliphatic rings. The maximum atomic E-state index is 3.74. The van der Waals surface area contributed by atoms with Crippen LogP contribution in [-0.2, 0) is 0 Å². The second-order valence-electron chi connectivity index (χ2n) is 3.49. The Labute approximate surface area is 70.1 Å². The van der Waals surface area contributed by atoms with E-state index in [1.54, 1.807) is 0 Å². The first kappa shape index (κ1) is 8.79. The predicted molar refractivity (Wildman–Crippen MR) is 49.6 cm³/mol. The highest BCUT2D eigenvalue weighted by atomic mass is 15.2. The minimum absolute atomic E-state index is 0.889. The van der Waals surface area contributed by atoms with Crippen LogP contribution in [0.4, 0.5) is 0 Å². The fourth-order valence-corrected chi connectivity index (χ4v) is 1.63. The van der Waals surface area contributed by atoms with Gasteiger partial charge in [-0.05, 0) is 25.3 Å². The minimum Gasteiger partial charge on any atom is -0.300 e. The third-order valence-corrected chi connectivity index (χ3v) is 2.56. The maximum Gasteiger partial charge on any atom is 0.0125 e. The van der Waals surface area contributed by atoms with Crippen LogP contribution in [0, 0.1) is 5.92 Å². The molecule has 1 fully saturated rings. The molecule has 1 aliphatic carbocycles. The lowest BCUT2D eigenvalue weighted by Gasteiger charge is -2.19. The smallest absolute Gasteiger partial charge is 0.0125 e. The Balaban J connectivity index is 2.20. The third-order valence-electron chi connectivity index (χ3n) is 2.56. The van der Waals surface area contributed by atoms with Crippen LogP contribution in [0.25, 0.3) is 0 Å². The topological polar surface area (TPSA) is 3.24 Å². The summed E-state index contributed by atoms with van der Waals surface area (Å²) >= 11 is 0. The van der Waals surface area contributed by atoms with Crippen molar-refractivity contribution >= 4 is 0 Å². The average Bonchev–Trinajstić information content (AvgIpc) is 2.69. The van der Waals surface area contributed by atoms with Gasteiger partial charge < -0.3 is 4.90 Å². The van der Waals surface area contributed by atoms with Gasteiger partial charge in [-0.3, -0.25) is 0 Å². The molecule has 0 N–H and O–H groups in total. The number of hydrogen-bond donors (Lipinski definition) is 0. The van der Waals surface area contributed by atoms with Gasteiger partial charge in [-0.15, -0.1) is 6.58 Å². The van der Waals surface area contributed by atoms with E-state index in [0.29, 0.717) is 0 Å². The lowest BCUT2D eigenvalue weighted by Crippen LogP contribution is -2.27. The molecular formula is C10H19N. The highest BCUT2D eigenvalue weighted by Crippen LogP contribution is 2.34. The van der Waals surface area contributed by atoms with E-state index in [2.05, 4.69) is 25.3 Å². The molecule has 0 radical (unpaired) electrons. The molecule has 0 saturated heterocycles. The molecule has 64 valence electrons. The molecule has 1 rings (SSSR count). The van der Waals surface area contributed by atoms with E-state index in [9.17, 15) is 0 Å². The maximum absolute atomic E-state index is 3.74. The van der Waals surface area contributed by atoms with Gasteiger partial charge in [0.25, 0.3) is 0 Å². The Morgan fingerprint density at radius 1 is 1.64 bits per heavy atom. The van der Waals surface area contributed by atoms with Crippen LogP contribution >= 0.6 is 0 Å². The standard InChI is InChI=1S/C10H19N/c1-4-6-7-11(5-2)10-8-9(10)3/h4,9-10H,1,5-8H2,2-3H3. The Morgan fingerprint density at radius 2 is 2.27 bits per heavy atom. The van der Waals surface area contributed by atoms with Crippen molar-refractivity contribution in [3.05, 3.63) is 12.7 Å². The molecule has 11 heavy (non-hydrogen) atoms. The molecule has 0 spiro atoms. The van der Waals surface area contributed by atoms with Gasteiger partial charge in [0, 0.05) is 12.6 Å². The molecular weight excluding hydrogens is 134 g/mol. The van der Waals surface area contributed by atoms with Gasteiger partial charge >= 0.3 is 0 Å². The molecule has 1 saturated carbocycles. The summed E-state index contributed by atoms with van der Waals surface area (Å²) in [5.41, 5.74) is 0. The second-order valence-corrected chi connectivity index (χ2v) is 3.49. The number of nitrogens with zero attached hydrogens (tertiary/aromatic N) is 1. The predicted octanol–water partition coefficient (Wildman–Crippen LogP) is 2.29. The van der Waals surface area contributed by atoms with E-state index in [-0.39, 0.29) is 0 Å². The molecule has 0 heterocycles. The molecule has 0 bridgehead atoms. The monoisotopic (exact) mass is 153 g/mol. The second kappa shape index (κ2) is 3.91. The van der Waals surface area contributed by atoms with E-state index in [1.165, 1.54) is 19.5 Å². The summed E-state index contributed by atoms with van der Waals surface area (Å²) in [5.74, 6) is 0.944. The van der Waals surface area contributed by atoms with Crippen LogP contribution in [0.3, 0.4) is 0 Å². The highest BCUT2D eigenvalue weighted by Gasteiger charge is 2.36. The zero-order chi connectivity index (χ0) is 8.27. The molecule has 2 atom stereocenters. The van der Waals surface area contributed by atoms with Crippen molar-refractivity contribution in [3.8, 4) is 0 Å². The summed E-state index contributed by atoms with van der Waals surface area (Å²) in [6, 6.07) is 0.889. The summed E-state index contributed by atoms with van der Waals surface area (Å²) in [4.78, 5) is 2.56. The summed E-state index contributed by atoms with van der Waals surface area (Å²) in [7, 11) is 0. The quantitative estimate of drug-likeness (QED) is 0.548. The van der Waals surface area contributed by atoms with Crippen molar-refractivity contribution < 1.29 is 0 Å². The number of hydrogen-bond acceptors (Lipinski definition) is 1. The van der Waals surface area contributed by atoms with E-state index in [1.807, 2.05) is 6.08 Å². The zero-order valence-corrected chi connectivity index (χ0v) is 7.71. The van der Waals surface area contributed by atoms with E-state index in [0.717, 1.165) is 18.4 Å². The van der Waals surface area contributed by atoms with Crippen molar-refractivity contribution in [2.75, 3.05) is 13.1 Å². The summed E-state index contributed by atoms with van der Waals surface area (Å²) < 4.78 is 0. The van der Waals surface area contributed by atoms with Gasteiger partial charge in [0.1, 0.15) is 0 Å². The molecule has 0 aliphatic heterocycles. The fourth-order valence-electron chi connectivity index (χ4n) is 1.63. The molecule has 0 amide bonds. The van der Waals surface area contributed by atoms with Crippen LogP contribution in [-0.4, -0.2) is 24.0 Å². The van der Waals surface area contributed by atoms with Gasteiger partial charge in [-0.1, -0.05) is 19.9 Å². The van der Waals surface area contributed by atoms with Gasteiger partial charge in [0.05, 0.1) is 0 Å². The molecule has 0 aromatic rings. The Kier molecular flexibility index (Phi) is 3.13. The molecule has 0 aromatic heterocycles. The number of rotatable bonds is 5. The van der Waals surface area contributed by atoms with E-state index < -0.39 is 0 Å². The van der Waals surface area contributed by atoms with Crippen LogP contribution in [0.15, 0.2) is 12.7 Å². The average molecular weight is 153 g/mol. The van der Waals surface area contributed by atoms with Crippen LogP contribution in [0.5, 0.6) is 0 Å². The lowest BCUT2D eigenvalue weighted by atomic mass is 10.3. The first-order valence-electron chi connectivity index (χ1n) is 4.64. The van der Waals surface area contributed by atoms with E-state index >= 15 is 0 Å². The van der Waals surface area contributed by atoms with Gasteiger partial charge in [0.15, 0.2) is 0 Å². The first-order chi connectivity index (χ1) is 5.29. The Hall–Kier alpha value is -0.300. The normalized spacial score (nSPS) is 29.0. The summed E-state index contributed by atoms with van der Waals surface area (Å²) in [5, 5.41) is 0. The van der Waals surface area contributed by atoms with Gasteiger partial charge in [0.2, 0.25) is 0 Å². The van der Waals surface area contributed by atoms with Crippen LogP contribution in [0.2, 0.25) is 0 Å². The van der Waals surface area contributed by atoms with Crippen molar-refractivity contribution in [1.82, 2.24) is 4.90 Å². The SMILES string of the molecule is C=CCCN(CC)C1CC1C. The van der Waals surface area contributed by atoms with Gasteiger partial charge in [-0.2, -0.15) is 0 Å². The molecule has 0 aromatic carbocycles.